The topological polar surface area (TPSA) is 267 Å². The summed E-state index contributed by atoms with van der Waals surface area (Å²) in [6, 6.07) is -1.72. The van der Waals surface area contributed by atoms with Gasteiger partial charge in [-0.15, -0.1) is 11.8 Å². The summed E-state index contributed by atoms with van der Waals surface area (Å²) in [6.45, 7) is -0.719. The maximum Gasteiger partial charge on any atom is 0.332 e. The summed E-state index contributed by atoms with van der Waals surface area (Å²) < 4.78 is 0. The number of ketones is 1. The number of carbonyl (C=O) groups is 6. The van der Waals surface area contributed by atoms with Crippen molar-refractivity contribution in [2.75, 3.05) is 12.3 Å². The predicted molar refractivity (Wildman–Crippen MR) is 110 cm³/mol. The Balaban J connectivity index is 4.98. The number of hydrogen-bond donors (Lipinski definition) is 7. The molecule has 0 heterocycles. The van der Waals surface area contributed by atoms with Crippen molar-refractivity contribution in [1.29, 1.82) is 5.26 Å². The summed E-state index contributed by atoms with van der Waals surface area (Å²) in [5, 5.41) is 33.3. The van der Waals surface area contributed by atoms with Crippen LogP contribution in [0.15, 0.2) is 5.10 Å². The van der Waals surface area contributed by atoms with Crippen LogP contribution in [0.2, 0.25) is 0 Å². The molecule has 16 heteroatoms. The molecule has 3 atom stereocenters. The van der Waals surface area contributed by atoms with Gasteiger partial charge in [-0.1, -0.05) is 0 Å². The van der Waals surface area contributed by atoms with E-state index in [9.17, 15) is 34.0 Å². The molecule has 0 fully saturated rings. The summed E-state index contributed by atoms with van der Waals surface area (Å²) in [6.07, 6.45) is -0.105. The SMILES string of the molecule is N#C[C@@H](CC(=O)/C=N\NC(N)=O)SC[C@H](NC(=O)CC[C@H](N)C(=O)O)C(=O)NCC(=O)O. The molecule has 0 aliphatic carbocycles. The molecule has 32 heavy (non-hydrogen) atoms. The number of nitrogens with zero attached hydrogens (tertiary/aromatic N) is 2. The first kappa shape index (κ1) is 28.3. The lowest BCUT2D eigenvalue weighted by Gasteiger charge is -2.19. The first-order chi connectivity index (χ1) is 15.0. The van der Waals surface area contributed by atoms with E-state index in [1.54, 1.807) is 0 Å². The van der Waals surface area contributed by atoms with Gasteiger partial charge in [-0.3, -0.25) is 24.0 Å². The van der Waals surface area contributed by atoms with Crippen molar-refractivity contribution in [2.45, 2.75) is 36.6 Å². The third-order valence-electron chi connectivity index (χ3n) is 3.44. The van der Waals surface area contributed by atoms with Crippen molar-refractivity contribution in [3.8, 4) is 6.07 Å². The molecule has 9 N–H and O–H groups in total. The zero-order chi connectivity index (χ0) is 24.7. The molecular weight excluding hydrogens is 450 g/mol. The number of hydrazone groups is 1. The van der Waals surface area contributed by atoms with Gasteiger partial charge in [0.05, 0.1) is 17.5 Å². The minimum absolute atomic E-state index is 0.203. The number of aliphatic carboxylic acids is 2. The number of hydrogen-bond acceptors (Lipinski definition) is 10. The Hall–Kier alpha value is -3.71. The van der Waals surface area contributed by atoms with Gasteiger partial charge < -0.3 is 32.3 Å². The minimum Gasteiger partial charge on any atom is -0.480 e. The average Bonchev–Trinajstić information content (AvgIpc) is 2.71. The van der Waals surface area contributed by atoms with Gasteiger partial charge in [0.15, 0.2) is 5.78 Å². The van der Waals surface area contributed by atoms with Crippen molar-refractivity contribution in [3.63, 3.8) is 0 Å². The second-order valence-electron chi connectivity index (χ2n) is 6.07. The number of thioether (sulfide) groups is 1. The van der Waals surface area contributed by atoms with Crippen LogP contribution in [0.5, 0.6) is 0 Å². The van der Waals surface area contributed by atoms with Crippen LogP contribution in [0.1, 0.15) is 19.3 Å². The van der Waals surface area contributed by atoms with Crippen LogP contribution in [-0.4, -0.2) is 81.6 Å². The molecule has 0 saturated carbocycles. The lowest BCUT2D eigenvalue weighted by molar-refractivity contribution is -0.139. The third kappa shape index (κ3) is 13.5. The maximum atomic E-state index is 12.2. The second kappa shape index (κ2) is 15.1. The minimum atomic E-state index is -1.33. The Morgan fingerprint density at radius 2 is 1.84 bits per heavy atom. The lowest BCUT2D eigenvalue weighted by atomic mass is 10.1. The Morgan fingerprint density at radius 3 is 2.38 bits per heavy atom. The number of primary amides is 1. The van der Waals surface area contributed by atoms with E-state index in [-0.39, 0.29) is 25.0 Å². The number of carboxylic acid groups (broad SMARTS) is 2. The number of amides is 4. The summed E-state index contributed by atoms with van der Waals surface area (Å²) in [7, 11) is 0. The van der Waals surface area contributed by atoms with Gasteiger partial charge >= 0.3 is 18.0 Å². The van der Waals surface area contributed by atoms with Crippen LogP contribution < -0.4 is 27.5 Å². The normalized spacial score (nSPS) is 13.2. The van der Waals surface area contributed by atoms with Gasteiger partial charge in [-0.25, -0.2) is 10.2 Å². The number of nitriles is 1. The van der Waals surface area contributed by atoms with Gasteiger partial charge in [0.1, 0.15) is 18.6 Å². The number of carboxylic acids is 2. The highest BCUT2D eigenvalue weighted by atomic mass is 32.2. The third-order valence-corrected chi connectivity index (χ3v) is 4.64. The lowest BCUT2D eigenvalue weighted by Crippen LogP contribution is -2.49. The number of nitrogens with one attached hydrogen (secondary N) is 3. The predicted octanol–water partition coefficient (Wildman–Crippen LogP) is -2.90. The van der Waals surface area contributed by atoms with E-state index in [1.165, 1.54) is 0 Å². The molecule has 0 rings (SSSR count). The van der Waals surface area contributed by atoms with Crippen molar-refractivity contribution < 1.29 is 39.0 Å². The van der Waals surface area contributed by atoms with Gasteiger partial charge in [0.2, 0.25) is 11.8 Å². The van der Waals surface area contributed by atoms with E-state index in [4.69, 9.17) is 21.7 Å². The zero-order valence-corrected chi connectivity index (χ0v) is 17.5. The second-order valence-corrected chi connectivity index (χ2v) is 7.31. The number of rotatable bonds is 15. The summed E-state index contributed by atoms with van der Waals surface area (Å²) >= 11 is 0.834. The molecule has 176 valence electrons. The van der Waals surface area contributed by atoms with E-state index in [1.807, 2.05) is 11.5 Å². The smallest absolute Gasteiger partial charge is 0.332 e. The summed E-state index contributed by atoms with van der Waals surface area (Å²) in [5.41, 5.74) is 11.9. The fourth-order valence-electron chi connectivity index (χ4n) is 1.90. The summed E-state index contributed by atoms with van der Waals surface area (Å²) in [4.78, 5) is 67.9. The summed E-state index contributed by atoms with van der Waals surface area (Å²) in [5.74, 6) is -5.04. The van der Waals surface area contributed by atoms with E-state index >= 15 is 0 Å². The van der Waals surface area contributed by atoms with Crippen LogP contribution >= 0.6 is 11.8 Å². The maximum absolute atomic E-state index is 12.2. The highest BCUT2D eigenvalue weighted by Gasteiger charge is 2.24. The van der Waals surface area contributed by atoms with Crippen molar-refractivity contribution in [3.05, 3.63) is 0 Å². The zero-order valence-electron chi connectivity index (χ0n) is 16.6. The quantitative estimate of drug-likeness (QED) is 0.0936. The molecule has 0 unspecified atom stereocenters. The monoisotopic (exact) mass is 473 g/mol. The largest absolute Gasteiger partial charge is 0.480 e. The van der Waals surface area contributed by atoms with Crippen molar-refractivity contribution in [1.82, 2.24) is 16.1 Å². The highest BCUT2D eigenvalue weighted by Crippen LogP contribution is 2.16. The van der Waals surface area contributed by atoms with Crippen LogP contribution in [0.4, 0.5) is 4.79 Å². The molecule has 0 aromatic heterocycles. The first-order valence-corrected chi connectivity index (χ1v) is 9.90. The molecule has 0 aliphatic heterocycles. The van der Waals surface area contributed by atoms with Gasteiger partial charge in [-0.2, -0.15) is 10.4 Å². The molecule has 0 radical (unpaired) electrons. The molecule has 0 spiro atoms. The van der Waals surface area contributed by atoms with Crippen LogP contribution in [0, 0.1) is 11.3 Å². The number of Topliss-reactive ketones (excluding diaryl/α,β-unsaturated/α-hetero) is 1. The van der Waals surface area contributed by atoms with E-state index in [0.29, 0.717) is 0 Å². The standard InChI is InChI=1S/C16H23N7O8S/c17-4-9(3-8(24)5-21-23-16(19)31)32-7-11(14(28)20-6-13(26)27)22-12(25)2-1-10(18)15(29)30/h5,9-11H,1-3,6-7,18H2,(H,20,28)(H,22,25)(H,26,27)(H,29,30)(H3,19,23,31)/b21-5-/t9-,10+,11+/m1/s1. The van der Waals surface area contributed by atoms with Crippen molar-refractivity contribution in [2.24, 2.45) is 16.6 Å². The molecule has 0 aromatic rings. The Morgan fingerprint density at radius 1 is 1.19 bits per heavy atom. The molecule has 15 nitrogen and oxygen atoms in total. The number of urea groups is 1. The average molecular weight is 473 g/mol. The number of nitrogens with two attached hydrogens (primary N) is 2. The Kier molecular flexibility index (Phi) is 13.4. The molecule has 0 bridgehead atoms. The van der Waals surface area contributed by atoms with E-state index < -0.39 is 59.4 Å². The van der Waals surface area contributed by atoms with Crippen LogP contribution in [0.3, 0.4) is 0 Å². The highest BCUT2D eigenvalue weighted by molar-refractivity contribution is 8.00. The van der Waals surface area contributed by atoms with Crippen LogP contribution in [0.25, 0.3) is 0 Å². The fourth-order valence-corrected chi connectivity index (χ4v) is 2.92. The Labute approximate surface area is 185 Å². The first-order valence-electron chi connectivity index (χ1n) is 8.86. The molecule has 0 aliphatic rings. The van der Waals surface area contributed by atoms with E-state index in [0.717, 1.165) is 18.0 Å². The molecule has 0 saturated heterocycles. The van der Waals surface area contributed by atoms with Crippen LogP contribution in [-0.2, 0) is 24.0 Å². The molecule has 0 aromatic carbocycles. The van der Waals surface area contributed by atoms with Gasteiger partial charge in [0.25, 0.3) is 0 Å². The van der Waals surface area contributed by atoms with Gasteiger partial charge in [0, 0.05) is 18.6 Å². The molecular formula is C16H23N7O8S. The van der Waals surface area contributed by atoms with Crippen molar-refractivity contribution >= 4 is 53.5 Å². The Bertz CT molecular complexity index is 798. The number of carbonyl (C=O) groups excluding carboxylic acids is 4. The van der Waals surface area contributed by atoms with Gasteiger partial charge in [-0.05, 0) is 6.42 Å². The fraction of sp³-hybridized carbons (Fsp3) is 0.500. The van der Waals surface area contributed by atoms with E-state index in [2.05, 4.69) is 15.7 Å². The molecule has 4 amide bonds.